The van der Waals surface area contributed by atoms with E-state index >= 15 is 0 Å². The fourth-order valence-electron chi connectivity index (χ4n) is 1.49. The van der Waals surface area contributed by atoms with Crippen LogP contribution in [0.3, 0.4) is 0 Å². The number of aromatic nitrogens is 1. The van der Waals surface area contributed by atoms with Gasteiger partial charge in [-0.25, -0.2) is 5.84 Å². The largest absolute Gasteiger partial charge is 0.508 e. The molecule has 0 unspecified atom stereocenters. The molecule has 86 valence electrons. The van der Waals surface area contributed by atoms with Gasteiger partial charge in [0.2, 0.25) is 0 Å². The Hall–Kier alpha value is -2.40. The molecule has 0 saturated carbocycles. The zero-order valence-electron chi connectivity index (χ0n) is 8.92. The molecule has 4 N–H and O–H groups in total. The number of phenols is 1. The SMILES string of the molecule is NNC(=O)c1cncc(-c2cccc(O)c2)c1. The number of nitrogen functional groups attached to an aromatic ring is 1. The van der Waals surface area contributed by atoms with Crippen molar-refractivity contribution in [2.45, 2.75) is 0 Å². The first-order valence-electron chi connectivity index (χ1n) is 4.96. The number of pyridine rings is 1. The van der Waals surface area contributed by atoms with Crippen LogP contribution in [0, 0.1) is 0 Å². The molecule has 1 heterocycles. The minimum Gasteiger partial charge on any atom is -0.508 e. The minimum atomic E-state index is -0.403. The Morgan fingerprint density at radius 1 is 1.24 bits per heavy atom. The first-order valence-corrected chi connectivity index (χ1v) is 4.96. The minimum absolute atomic E-state index is 0.163. The third-order valence-electron chi connectivity index (χ3n) is 2.31. The average Bonchev–Trinajstić information content (AvgIpc) is 2.38. The highest BCUT2D eigenvalue weighted by Crippen LogP contribution is 2.22. The predicted molar refractivity (Wildman–Crippen MR) is 63.0 cm³/mol. The van der Waals surface area contributed by atoms with Crippen LogP contribution in [0.15, 0.2) is 42.7 Å². The van der Waals surface area contributed by atoms with Crippen molar-refractivity contribution in [1.82, 2.24) is 10.4 Å². The van der Waals surface area contributed by atoms with Gasteiger partial charge in [-0.15, -0.1) is 0 Å². The molecule has 1 aromatic carbocycles. The molecule has 2 rings (SSSR count). The Bertz CT molecular complexity index is 555. The molecular weight excluding hydrogens is 218 g/mol. The van der Waals surface area contributed by atoms with Gasteiger partial charge in [0, 0.05) is 18.0 Å². The number of phenolic OH excluding ortho intramolecular Hbond substituents is 1. The van der Waals surface area contributed by atoms with Gasteiger partial charge in [0.1, 0.15) is 5.75 Å². The third-order valence-corrected chi connectivity index (χ3v) is 2.31. The van der Waals surface area contributed by atoms with E-state index in [-0.39, 0.29) is 5.75 Å². The lowest BCUT2D eigenvalue weighted by Crippen LogP contribution is -2.30. The van der Waals surface area contributed by atoms with Crippen molar-refractivity contribution in [2.75, 3.05) is 0 Å². The van der Waals surface area contributed by atoms with Crippen LogP contribution in [0.2, 0.25) is 0 Å². The maximum absolute atomic E-state index is 11.3. The predicted octanol–water partition coefficient (Wildman–Crippen LogP) is 1.06. The van der Waals surface area contributed by atoms with Gasteiger partial charge < -0.3 is 5.11 Å². The number of amides is 1. The zero-order valence-corrected chi connectivity index (χ0v) is 8.92. The Balaban J connectivity index is 2.43. The second kappa shape index (κ2) is 4.63. The smallest absolute Gasteiger partial charge is 0.266 e. The number of nitrogens with one attached hydrogen (secondary N) is 1. The van der Waals surface area contributed by atoms with Gasteiger partial charge in [0.15, 0.2) is 0 Å². The van der Waals surface area contributed by atoms with Gasteiger partial charge in [0.25, 0.3) is 5.91 Å². The number of benzene rings is 1. The van der Waals surface area contributed by atoms with Crippen LogP contribution in [0.25, 0.3) is 11.1 Å². The van der Waals surface area contributed by atoms with Crippen LogP contribution in [0.5, 0.6) is 5.75 Å². The lowest BCUT2D eigenvalue weighted by atomic mass is 10.1. The topological polar surface area (TPSA) is 88.2 Å². The summed E-state index contributed by atoms with van der Waals surface area (Å²) in [6.45, 7) is 0. The average molecular weight is 229 g/mol. The van der Waals surface area contributed by atoms with E-state index in [1.165, 1.54) is 6.20 Å². The molecule has 0 aliphatic rings. The van der Waals surface area contributed by atoms with Crippen LogP contribution in [-0.4, -0.2) is 16.0 Å². The van der Waals surface area contributed by atoms with Crippen molar-refractivity contribution in [3.05, 3.63) is 48.3 Å². The van der Waals surface area contributed by atoms with E-state index in [4.69, 9.17) is 5.84 Å². The summed E-state index contributed by atoms with van der Waals surface area (Å²) < 4.78 is 0. The maximum Gasteiger partial charge on any atom is 0.266 e. The zero-order chi connectivity index (χ0) is 12.3. The van der Waals surface area contributed by atoms with Gasteiger partial charge in [-0.3, -0.25) is 15.2 Å². The first kappa shape index (κ1) is 11.1. The molecule has 1 aromatic heterocycles. The number of hydrogen-bond donors (Lipinski definition) is 3. The number of nitrogens with zero attached hydrogens (tertiary/aromatic N) is 1. The molecule has 1 amide bonds. The Morgan fingerprint density at radius 3 is 2.76 bits per heavy atom. The van der Waals surface area contributed by atoms with Crippen molar-refractivity contribution in [1.29, 1.82) is 0 Å². The molecule has 0 radical (unpaired) electrons. The number of aromatic hydroxyl groups is 1. The summed E-state index contributed by atoms with van der Waals surface area (Å²) in [5.74, 6) is 4.81. The molecule has 5 nitrogen and oxygen atoms in total. The van der Waals surface area contributed by atoms with Gasteiger partial charge in [0.05, 0.1) is 5.56 Å². The van der Waals surface area contributed by atoms with Crippen molar-refractivity contribution >= 4 is 5.91 Å². The van der Waals surface area contributed by atoms with Gasteiger partial charge in [-0.05, 0) is 23.8 Å². The monoisotopic (exact) mass is 229 g/mol. The number of nitrogens with two attached hydrogens (primary N) is 1. The molecular formula is C12H11N3O2. The van der Waals surface area contributed by atoms with Crippen molar-refractivity contribution in [3.63, 3.8) is 0 Å². The lowest BCUT2D eigenvalue weighted by molar-refractivity contribution is 0.0953. The summed E-state index contributed by atoms with van der Waals surface area (Å²) in [5.41, 5.74) is 3.93. The van der Waals surface area contributed by atoms with Crippen molar-refractivity contribution < 1.29 is 9.90 Å². The number of carbonyl (C=O) groups is 1. The quantitative estimate of drug-likeness (QED) is 0.408. The Labute approximate surface area is 97.9 Å². The summed E-state index contributed by atoms with van der Waals surface area (Å²) in [7, 11) is 0. The van der Waals surface area contributed by atoms with Crippen LogP contribution in [0.4, 0.5) is 0 Å². The van der Waals surface area contributed by atoms with E-state index in [2.05, 4.69) is 4.98 Å². The van der Waals surface area contributed by atoms with Crippen molar-refractivity contribution in [3.8, 4) is 16.9 Å². The fourth-order valence-corrected chi connectivity index (χ4v) is 1.49. The summed E-state index contributed by atoms with van der Waals surface area (Å²) in [6.07, 6.45) is 3.04. The second-order valence-corrected chi connectivity index (χ2v) is 3.49. The number of hydrazine groups is 1. The molecule has 0 saturated heterocycles. The van der Waals surface area contributed by atoms with Crippen LogP contribution < -0.4 is 11.3 Å². The molecule has 2 aromatic rings. The summed E-state index contributed by atoms with van der Waals surface area (Å²) in [5, 5.41) is 9.38. The van der Waals surface area contributed by atoms with E-state index in [1.807, 2.05) is 11.5 Å². The number of carbonyl (C=O) groups excluding carboxylic acids is 1. The molecule has 0 aliphatic heterocycles. The highest BCUT2D eigenvalue weighted by molar-refractivity contribution is 5.94. The second-order valence-electron chi connectivity index (χ2n) is 3.49. The number of hydrogen-bond acceptors (Lipinski definition) is 4. The van der Waals surface area contributed by atoms with E-state index in [0.29, 0.717) is 5.56 Å². The standard InChI is InChI=1S/C12H11N3O2/c13-15-12(17)10-4-9(6-14-7-10)8-2-1-3-11(16)5-8/h1-7,16H,13H2,(H,15,17). The van der Waals surface area contributed by atoms with Gasteiger partial charge in [-0.2, -0.15) is 0 Å². The molecule has 0 fully saturated rings. The molecule has 0 spiro atoms. The normalized spacial score (nSPS) is 9.94. The molecule has 0 aliphatic carbocycles. The fraction of sp³-hybridized carbons (Fsp3) is 0. The van der Waals surface area contributed by atoms with E-state index in [9.17, 15) is 9.90 Å². The molecule has 5 heteroatoms. The maximum atomic E-state index is 11.3. The lowest BCUT2D eigenvalue weighted by Gasteiger charge is -2.04. The van der Waals surface area contributed by atoms with Crippen molar-refractivity contribution in [2.24, 2.45) is 5.84 Å². The van der Waals surface area contributed by atoms with Gasteiger partial charge in [-0.1, -0.05) is 12.1 Å². The van der Waals surface area contributed by atoms with E-state index < -0.39 is 5.91 Å². The van der Waals surface area contributed by atoms with Crippen LogP contribution in [0.1, 0.15) is 10.4 Å². The third kappa shape index (κ3) is 2.40. The molecule has 0 atom stereocenters. The Morgan fingerprint density at radius 2 is 2.06 bits per heavy atom. The molecule has 0 bridgehead atoms. The summed E-state index contributed by atoms with van der Waals surface area (Å²) in [4.78, 5) is 15.3. The highest BCUT2D eigenvalue weighted by Gasteiger charge is 2.06. The summed E-state index contributed by atoms with van der Waals surface area (Å²) in [6, 6.07) is 8.37. The number of rotatable bonds is 2. The van der Waals surface area contributed by atoms with E-state index in [0.717, 1.165) is 11.1 Å². The van der Waals surface area contributed by atoms with Gasteiger partial charge >= 0.3 is 0 Å². The van der Waals surface area contributed by atoms with E-state index in [1.54, 1.807) is 30.5 Å². The highest BCUT2D eigenvalue weighted by atomic mass is 16.3. The van der Waals surface area contributed by atoms with Crippen LogP contribution in [-0.2, 0) is 0 Å². The van der Waals surface area contributed by atoms with Crippen LogP contribution >= 0.6 is 0 Å². The first-order chi connectivity index (χ1) is 8.20. The summed E-state index contributed by atoms with van der Waals surface area (Å²) >= 11 is 0. The Kier molecular flexibility index (Phi) is 3.02. The molecule has 17 heavy (non-hydrogen) atoms.